The fourth-order valence-corrected chi connectivity index (χ4v) is 1.10. The van der Waals surface area contributed by atoms with Gasteiger partial charge in [-0.15, -0.1) is 0 Å². The first-order valence-electron chi connectivity index (χ1n) is 4.49. The average molecular weight is 209 g/mol. The van der Waals surface area contributed by atoms with Gasteiger partial charge in [-0.1, -0.05) is 18.2 Å². The normalized spacial score (nSPS) is 10.8. The molecule has 3 nitrogen and oxygen atoms in total. The molecule has 15 heavy (non-hydrogen) atoms. The van der Waals surface area contributed by atoms with E-state index in [0.29, 0.717) is 12.1 Å². The quantitative estimate of drug-likeness (QED) is 0.794. The molecule has 0 aliphatic carbocycles. The van der Waals surface area contributed by atoms with E-state index in [1.807, 2.05) is 0 Å². The monoisotopic (exact) mass is 209 g/mol. The van der Waals surface area contributed by atoms with Crippen LogP contribution in [0, 0.1) is 5.82 Å². The summed E-state index contributed by atoms with van der Waals surface area (Å²) in [6, 6.07) is 3.84. The summed E-state index contributed by atoms with van der Waals surface area (Å²) in [5, 5.41) is 11.5. The molecule has 0 aromatic heterocycles. The van der Waals surface area contributed by atoms with Crippen molar-refractivity contribution in [2.24, 2.45) is 0 Å². The van der Waals surface area contributed by atoms with Crippen LogP contribution in [-0.2, 0) is 0 Å². The highest BCUT2D eigenvalue weighted by atomic mass is 19.1. The minimum atomic E-state index is -1.13. The van der Waals surface area contributed by atoms with E-state index in [1.54, 1.807) is 19.2 Å². The summed E-state index contributed by atoms with van der Waals surface area (Å²) in [5.41, 5.74) is 0.341. The summed E-state index contributed by atoms with van der Waals surface area (Å²) >= 11 is 0. The van der Waals surface area contributed by atoms with E-state index in [1.165, 1.54) is 12.1 Å². The van der Waals surface area contributed by atoms with E-state index in [2.05, 4.69) is 5.32 Å². The molecule has 0 saturated carbocycles. The number of halogens is 1. The zero-order chi connectivity index (χ0) is 11.3. The maximum atomic E-state index is 13.3. The molecule has 0 unspecified atom stereocenters. The standard InChI is InChI=1S/C11H12FNO2/c1-13-6-2-3-8-4-5-9(11(14)15)7-10(8)12/h2-5,7,13H,6H2,1H3,(H,14,15). The smallest absolute Gasteiger partial charge is 0.335 e. The number of carboxylic acid groups (broad SMARTS) is 1. The summed E-state index contributed by atoms with van der Waals surface area (Å²) < 4.78 is 13.3. The second kappa shape index (κ2) is 5.26. The maximum Gasteiger partial charge on any atom is 0.335 e. The molecule has 0 amide bonds. The molecule has 1 aromatic rings. The molecule has 2 N–H and O–H groups in total. The highest BCUT2D eigenvalue weighted by molar-refractivity contribution is 5.87. The number of benzene rings is 1. The SMILES string of the molecule is CNCC=Cc1ccc(C(=O)O)cc1F. The summed E-state index contributed by atoms with van der Waals surface area (Å²) in [5.74, 6) is -1.65. The zero-order valence-electron chi connectivity index (χ0n) is 8.33. The highest BCUT2D eigenvalue weighted by Gasteiger charge is 2.05. The Hall–Kier alpha value is -1.68. The first-order chi connectivity index (χ1) is 7.15. The molecule has 0 saturated heterocycles. The van der Waals surface area contributed by atoms with Crippen LogP contribution in [0.15, 0.2) is 24.3 Å². The summed E-state index contributed by atoms with van der Waals surface area (Å²) in [6.07, 6.45) is 3.37. The molecule has 0 spiro atoms. The number of rotatable bonds is 4. The van der Waals surface area contributed by atoms with Crippen molar-refractivity contribution in [2.45, 2.75) is 0 Å². The van der Waals surface area contributed by atoms with Crippen LogP contribution in [0.25, 0.3) is 6.08 Å². The van der Waals surface area contributed by atoms with Crippen LogP contribution < -0.4 is 5.32 Å². The Balaban J connectivity index is 2.88. The Kier molecular flexibility index (Phi) is 4.00. The second-order valence-electron chi connectivity index (χ2n) is 3.00. The van der Waals surface area contributed by atoms with Gasteiger partial charge < -0.3 is 10.4 Å². The molecule has 0 bridgehead atoms. The predicted octanol–water partition coefficient (Wildman–Crippen LogP) is 1.76. The van der Waals surface area contributed by atoms with E-state index in [4.69, 9.17) is 5.11 Å². The topological polar surface area (TPSA) is 49.3 Å². The van der Waals surface area contributed by atoms with Crippen LogP contribution in [0.2, 0.25) is 0 Å². The van der Waals surface area contributed by atoms with Gasteiger partial charge in [0, 0.05) is 12.1 Å². The van der Waals surface area contributed by atoms with Gasteiger partial charge in [0.15, 0.2) is 0 Å². The third-order valence-electron chi connectivity index (χ3n) is 1.87. The van der Waals surface area contributed by atoms with Gasteiger partial charge in [0.25, 0.3) is 0 Å². The van der Waals surface area contributed by atoms with Crippen LogP contribution >= 0.6 is 0 Å². The molecule has 80 valence electrons. The van der Waals surface area contributed by atoms with Crippen LogP contribution in [0.4, 0.5) is 4.39 Å². The highest BCUT2D eigenvalue weighted by Crippen LogP contribution is 2.12. The van der Waals surface area contributed by atoms with E-state index in [0.717, 1.165) is 6.07 Å². The van der Waals surface area contributed by atoms with Gasteiger partial charge in [0.2, 0.25) is 0 Å². The first kappa shape index (κ1) is 11.4. The Labute approximate surface area is 87.2 Å². The van der Waals surface area contributed by atoms with Gasteiger partial charge in [0.1, 0.15) is 5.82 Å². The lowest BCUT2D eigenvalue weighted by atomic mass is 10.1. The number of hydrogen-bond acceptors (Lipinski definition) is 2. The number of hydrogen-bond donors (Lipinski definition) is 2. The average Bonchev–Trinajstić information content (AvgIpc) is 2.20. The van der Waals surface area contributed by atoms with Gasteiger partial charge in [-0.2, -0.15) is 0 Å². The van der Waals surface area contributed by atoms with E-state index in [-0.39, 0.29) is 5.56 Å². The fraction of sp³-hybridized carbons (Fsp3) is 0.182. The molecule has 0 radical (unpaired) electrons. The number of carbonyl (C=O) groups is 1. The number of nitrogens with one attached hydrogen (secondary N) is 1. The fourth-order valence-electron chi connectivity index (χ4n) is 1.10. The van der Waals surface area contributed by atoms with E-state index >= 15 is 0 Å². The van der Waals surface area contributed by atoms with E-state index < -0.39 is 11.8 Å². The molecule has 0 aliphatic rings. The lowest BCUT2D eigenvalue weighted by Gasteiger charge is -1.99. The molecular weight excluding hydrogens is 197 g/mol. The predicted molar refractivity (Wildman–Crippen MR) is 56.3 cm³/mol. The lowest BCUT2D eigenvalue weighted by molar-refractivity contribution is 0.0696. The van der Waals surface area contributed by atoms with Crippen molar-refractivity contribution >= 4 is 12.0 Å². The molecule has 1 aromatic carbocycles. The zero-order valence-corrected chi connectivity index (χ0v) is 8.33. The Morgan fingerprint density at radius 1 is 1.60 bits per heavy atom. The van der Waals surface area contributed by atoms with Gasteiger partial charge >= 0.3 is 5.97 Å². The first-order valence-corrected chi connectivity index (χ1v) is 4.49. The minimum absolute atomic E-state index is 0.0433. The molecule has 0 atom stereocenters. The van der Waals surface area contributed by atoms with Crippen LogP contribution in [0.3, 0.4) is 0 Å². The van der Waals surface area contributed by atoms with Crippen LogP contribution in [0.5, 0.6) is 0 Å². The van der Waals surface area contributed by atoms with Crippen molar-refractivity contribution < 1.29 is 14.3 Å². The van der Waals surface area contributed by atoms with Gasteiger partial charge in [-0.25, -0.2) is 9.18 Å². The third-order valence-corrected chi connectivity index (χ3v) is 1.87. The second-order valence-corrected chi connectivity index (χ2v) is 3.00. The van der Waals surface area contributed by atoms with Crippen molar-refractivity contribution in [3.8, 4) is 0 Å². The Bertz CT molecular complexity index is 388. The molecule has 4 heteroatoms. The van der Waals surface area contributed by atoms with Crippen molar-refractivity contribution in [3.05, 3.63) is 41.2 Å². The van der Waals surface area contributed by atoms with Gasteiger partial charge in [0.05, 0.1) is 5.56 Å². The Morgan fingerprint density at radius 3 is 2.87 bits per heavy atom. The van der Waals surface area contributed by atoms with Gasteiger partial charge in [-0.3, -0.25) is 0 Å². The number of aromatic carboxylic acids is 1. The van der Waals surface area contributed by atoms with E-state index in [9.17, 15) is 9.18 Å². The maximum absolute atomic E-state index is 13.3. The Morgan fingerprint density at radius 2 is 2.33 bits per heavy atom. The summed E-state index contributed by atoms with van der Waals surface area (Å²) in [7, 11) is 1.79. The summed E-state index contributed by atoms with van der Waals surface area (Å²) in [4.78, 5) is 10.5. The molecule has 0 heterocycles. The van der Waals surface area contributed by atoms with Crippen LogP contribution in [0.1, 0.15) is 15.9 Å². The number of likely N-dealkylation sites (N-methyl/N-ethyl adjacent to an activating group) is 1. The van der Waals surface area contributed by atoms with Crippen molar-refractivity contribution in [3.63, 3.8) is 0 Å². The molecule has 1 rings (SSSR count). The minimum Gasteiger partial charge on any atom is -0.478 e. The summed E-state index contributed by atoms with van der Waals surface area (Å²) in [6.45, 7) is 0.639. The van der Waals surface area contributed by atoms with Crippen molar-refractivity contribution in [1.82, 2.24) is 5.32 Å². The largest absolute Gasteiger partial charge is 0.478 e. The molecule has 0 fully saturated rings. The van der Waals surface area contributed by atoms with Gasteiger partial charge in [-0.05, 0) is 19.2 Å². The van der Waals surface area contributed by atoms with Crippen molar-refractivity contribution in [2.75, 3.05) is 13.6 Å². The molecule has 0 aliphatic heterocycles. The molecular formula is C11H12FNO2. The lowest BCUT2D eigenvalue weighted by Crippen LogP contribution is -2.03. The number of carboxylic acids is 1. The third kappa shape index (κ3) is 3.18. The van der Waals surface area contributed by atoms with Crippen molar-refractivity contribution in [1.29, 1.82) is 0 Å². The van der Waals surface area contributed by atoms with Crippen LogP contribution in [-0.4, -0.2) is 24.7 Å².